The Balaban J connectivity index is 2.65. The van der Waals surface area contributed by atoms with Crippen molar-refractivity contribution in [2.24, 2.45) is 0 Å². The number of amides is 1. The Hall–Kier alpha value is -0.640. The first-order valence-corrected chi connectivity index (χ1v) is 7.68. The number of likely N-dealkylation sites (N-methyl/N-ethyl adjacent to an activating group) is 1. The van der Waals surface area contributed by atoms with Crippen LogP contribution in [-0.2, 0) is 4.79 Å². The molecule has 1 amide bonds. The summed E-state index contributed by atoms with van der Waals surface area (Å²) < 4.78 is 0. The van der Waals surface area contributed by atoms with Crippen molar-refractivity contribution in [3.63, 3.8) is 0 Å². The number of carbonyl (C=O) groups is 1. The van der Waals surface area contributed by atoms with E-state index in [1.54, 1.807) is 23.1 Å². The number of thioether (sulfide) groups is 1. The van der Waals surface area contributed by atoms with Crippen molar-refractivity contribution in [1.82, 2.24) is 4.90 Å². The van der Waals surface area contributed by atoms with Gasteiger partial charge < -0.3 is 4.90 Å². The highest BCUT2D eigenvalue weighted by Crippen LogP contribution is 2.33. The van der Waals surface area contributed by atoms with Crippen LogP contribution in [0.1, 0.15) is 13.8 Å². The van der Waals surface area contributed by atoms with Crippen molar-refractivity contribution in [2.75, 3.05) is 18.8 Å². The molecule has 0 atom stereocenters. The Bertz CT molecular complexity index is 456. The van der Waals surface area contributed by atoms with Crippen LogP contribution in [0.3, 0.4) is 0 Å². The summed E-state index contributed by atoms with van der Waals surface area (Å²) in [6, 6.07) is 5.33. The minimum Gasteiger partial charge on any atom is -0.338 e. The normalized spacial score (nSPS) is 10.3. The van der Waals surface area contributed by atoms with Gasteiger partial charge in [-0.2, -0.15) is 0 Å². The fourth-order valence-corrected chi connectivity index (χ4v) is 3.13. The van der Waals surface area contributed by atoms with Gasteiger partial charge in [-0.1, -0.05) is 41.4 Å². The zero-order valence-electron chi connectivity index (χ0n) is 11.1. The molecule has 0 aliphatic rings. The van der Waals surface area contributed by atoms with E-state index in [2.05, 4.69) is 6.58 Å². The number of carbonyl (C=O) groups excluding carboxylic acids is 1. The highest BCUT2D eigenvalue weighted by Gasteiger charge is 2.14. The highest BCUT2D eigenvalue weighted by atomic mass is 35.5. The topological polar surface area (TPSA) is 20.3 Å². The third kappa shape index (κ3) is 5.09. The van der Waals surface area contributed by atoms with Gasteiger partial charge in [0.15, 0.2) is 0 Å². The lowest BCUT2D eigenvalue weighted by Gasteiger charge is -2.21. The van der Waals surface area contributed by atoms with E-state index in [0.717, 1.165) is 10.5 Å². The van der Waals surface area contributed by atoms with Crippen LogP contribution in [0.25, 0.3) is 0 Å². The molecule has 19 heavy (non-hydrogen) atoms. The molecule has 0 aliphatic heterocycles. The Kier molecular flexibility index (Phi) is 6.76. The third-order valence-corrected chi connectivity index (χ3v) is 4.43. The van der Waals surface area contributed by atoms with Gasteiger partial charge in [0.05, 0.1) is 15.8 Å². The van der Waals surface area contributed by atoms with E-state index in [1.165, 1.54) is 11.8 Å². The van der Waals surface area contributed by atoms with E-state index in [-0.39, 0.29) is 5.91 Å². The van der Waals surface area contributed by atoms with Gasteiger partial charge in [0, 0.05) is 18.0 Å². The Morgan fingerprint density at radius 1 is 1.37 bits per heavy atom. The van der Waals surface area contributed by atoms with Gasteiger partial charge in [-0.25, -0.2) is 0 Å². The maximum absolute atomic E-state index is 12.1. The average Bonchev–Trinajstić information content (AvgIpc) is 2.34. The van der Waals surface area contributed by atoms with Gasteiger partial charge in [-0.3, -0.25) is 4.79 Å². The van der Waals surface area contributed by atoms with E-state index in [9.17, 15) is 4.79 Å². The van der Waals surface area contributed by atoms with Crippen LogP contribution >= 0.6 is 35.0 Å². The average molecular weight is 318 g/mol. The molecule has 0 spiro atoms. The van der Waals surface area contributed by atoms with Gasteiger partial charge in [0.2, 0.25) is 5.91 Å². The number of rotatable bonds is 6. The summed E-state index contributed by atoms with van der Waals surface area (Å²) >= 11 is 13.5. The molecule has 0 fully saturated rings. The van der Waals surface area contributed by atoms with Crippen molar-refractivity contribution in [3.8, 4) is 0 Å². The largest absolute Gasteiger partial charge is 0.338 e. The third-order valence-electron chi connectivity index (χ3n) is 2.45. The lowest BCUT2D eigenvalue weighted by atomic mass is 10.3. The van der Waals surface area contributed by atoms with Crippen LogP contribution in [0.2, 0.25) is 10.0 Å². The van der Waals surface area contributed by atoms with Crippen molar-refractivity contribution in [3.05, 3.63) is 40.4 Å². The summed E-state index contributed by atoms with van der Waals surface area (Å²) in [5.41, 5.74) is 0.968. The summed E-state index contributed by atoms with van der Waals surface area (Å²) in [6.45, 7) is 8.95. The van der Waals surface area contributed by atoms with Gasteiger partial charge >= 0.3 is 0 Å². The van der Waals surface area contributed by atoms with Gasteiger partial charge in [0.1, 0.15) is 0 Å². The SMILES string of the molecule is C=C(C)CN(CC)C(=O)CSc1c(Cl)cccc1Cl. The first-order chi connectivity index (χ1) is 8.95. The number of benzene rings is 1. The number of hydrogen-bond acceptors (Lipinski definition) is 2. The Morgan fingerprint density at radius 2 is 1.95 bits per heavy atom. The molecule has 0 saturated heterocycles. The standard InChI is InChI=1S/C14H17Cl2NOS/c1-4-17(8-10(2)3)13(18)9-19-14-11(15)6-5-7-12(14)16/h5-7H,2,4,8-9H2,1,3H3. The lowest BCUT2D eigenvalue weighted by molar-refractivity contribution is -0.127. The maximum atomic E-state index is 12.1. The fraction of sp³-hybridized carbons (Fsp3) is 0.357. The molecule has 0 radical (unpaired) electrons. The first kappa shape index (κ1) is 16.4. The second kappa shape index (κ2) is 7.83. The molecular formula is C14H17Cl2NOS. The first-order valence-electron chi connectivity index (χ1n) is 5.94. The summed E-state index contributed by atoms with van der Waals surface area (Å²) in [6.07, 6.45) is 0. The predicted octanol–water partition coefficient (Wildman–Crippen LogP) is 4.51. The summed E-state index contributed by atoms with van der Waals surface area (Å²) in [5.74, 6) is 0.386. The minimum atomic E-state index is 0.0616. The molecule has 5 heteroatoms. The summed E-state index contributed by atoms with van der Waals surface area (Å²) in [5, 5.41) is 1.15. The van der Waals surface area contributed by atoms with Gasteiger partial charge in [-0.05, 0) is 26.0 Å². The van der Waals surface area contributed by atoms with E-state index in [1.807, 2.05) is 13.8 Å². The zero-order valence-corrected chi connectivity index (χ0v) is 13.4. The number of halogens is 2. The minimum absolute atomic E-state index is 0.0616. The van der Waals surface area contributed by atoms with Crippen LogP contribution in [0.4, 0.5) is 0 Å². The van der Waals surface area contributed by atoms with E-state index in [0.29, 0.717) is 28.9 Å². The molecule has 1 aromatic carbocycles. The fourth-order valence-electron chi connectivity index (χ4n) is 1.55. The summed E-state index contributed by atoms with van der Waals surface area (Å²) in [4.78, 5) is 14.6. The molecule has 0 heterocycles. The van der Waals surface area contributed by atoms with Crippen molar-refractivity contribution in [1.29, 1.82) is 0 Å². The molecule has 1 aromatic rings. The summed E-state index contributed by atoms with van der Waals surface area (Å²) in [7, 11) is 0. The molecule has 0 bridgehead atoms. The van der Waals surface area contributed by atoms with Crippen LogP contribution in [0.15, 0.2) is 35.2 Å². The highest BCUT2D eigenvalue weighted by molar-refractivity contribution is 8.00. The van der Waals surface area contributed by atoms with Crippen LogP contribution in [0, 0.1) is 0 Å². The molecule has 0 N–H and O–H groups in total. The molecular weight excluding hydrogens is 301 g/mol. The Morgan fingerprint density at radius 3 is 2.42 bits per heavy atom. The van der Waals surface area contributed by atoms with E-state index < -0.39 is 0 Å². The van der Waals surface area contributed by atoms with Crippen molar-refractivity contribution in [2.45, 2.75) is 18.7 Å². The maximum Gasteiger partial charge on any atom is 0.233 e. The van der Waals surface area contributed by atoms with Crippen molar-refractivity contribution >= 4 is 40.9 Å². The second-order valence-corrected chi connectivity index (χ2v) is 6.00. The quantitative estimate of drug-likeness (QED) is 0.568. The van der Waals surface area contributed by atoms with Gasteiger partial charge in [0.25, 0.3) is 0 Å². The van der Waals surface area contributed by atoms with E-state index in [4.69, 9.17) is 23.2 Å². The van der Waals surface area contributed by atoms with Crippen LogP contribution in [-0.4, -0.2) is 29.6 Å². The smallest absolute Gasteiger partial charge is 0.233 e. The lowest BCUT2D eigenvalue weighted by Crippen LogP contribution is -2.33. The van der Waals surface area contributed by atoms with Crippen LogP contribution in [0.5, 0.6) is 0 Å². The van der Waals surface area contributed by atoms with Gasteiger partial charge in [-0.15, -0.1) is 11.8 Å². The Labute approximate surface area is 128 Å². The predicted molar refractivity (Wildman–Crippen MR) is 84.3 cm³/mol. The van der Waals surface area contributed by atoms with Crippen molar-refractivity contribution < 1.29 is 4.79 Å². The molecule has 104 valence electrons. The number of nitrogens with zero attached hydrogens (tertiary/aromatic N) is 1. The molecule has 1 rings (SSSR count). The molecule has 0 saturated carbocycles. The molecule has 2 nitrogen and oxygen atoms in total. The monoisotopic (exact) mass is 317 g/mol. The molecule has 0 aromatic heterocycles. The van der Waals surface area contributed by atoms with E-state index >= 15 is 0 Å². The molecule has 0 aliphatic carbocycles. The second-order valence-electron chi connectivity index (χ2n) is 4.20. The molecule has 0 unspecified atom stereocenters. The van der Waals surface area contributed by atoms with Crippen LogP contribution < -0.4 is 0 Å². The number of hydrogen-bond donors (Lipinski definition) is 0. The zero-order chi connectivity index (χ0) is 14.4.